The molecule has 3 nitrogen and oxygen atoms in total. The van der Waals surface area contributed by atoms with Crippen molar-refractivity contribution in [3.63, 3.8) is 0 Å². The third-order valence-corrected chi connectivity index (χ3v) is 3.98. The van der Waals surface area contributed by atoms with Crippen LogP contribution in [0.1, 0.15) is 62.2 Å². The number of hydrogen-bond donors (Lipinski definition) is 2. The van der Waals surface area contributed by atoms with Gasteiger partial charge in [0.05, 0.1) is 5.56 Å². The molecule has 0 bridgehead atoms. The van der Waals surface area contributed by atoms with Crippen LogP contribution in [-0.4, -0.2) is 18.5 Å². The van der Waals surface area contributed by atoms with E-state index < -0.39 is 0 Å². The molecule has 0 atom stereocenters. The number of rotatable bonds is 4. The summed E-state index contributed by atoms with van der Waals surface area (Å²) in [5, 5.41) is 6.48. The van der Waals surface area contributed by atoms with Crippen LogP contribution in [0.15, 0.2) is 24.3 Å². The molecule has 3 heteroatoms. The summed E-state index contributed by atoms with van der Waals surface area (Å²) in [6, 6.07) is 8.10. The highest BCUT2D eigenvalue weighted by atomic mass is 16.1. The summed E-state index contributed by atoms with van der Waals surface area (Å²) in [5.74, 6) is 0.0622. The normalized spacial score (nSPS) is 17.1. The van der Waals surface area contributed by atoms with Gasteiger partial charge in [-0.2, -0.15) is 0 Å². The Morgan fingerprint density at radius 2 is 1.75 bits per heavy atom. The first kappa shape index (κ1) is 14.9. The minimum Gasteiger partial charge on any atom is -0.385 e. The van der Waals surface area contributed by atoms with Crippen molar-refractivity contribution in [1.82, 2.24) is 5.32 Å². The molecule has 1 saturated carbocycles. The lowest BCUT2D eigenvalue weighted by atomic mass is 9.96. The topological polar surface area (TPSA) is 41.1 Å². The summed E-state index contributed by atoms with van der Waals surface area (Å²) in [7, 11) is 0. The van der Waals surface area contributed by atoms with Crippen LogP contribution in [0.2, 0.25) is 0 Å². The molecule has 2 rings (SSSR count). The maximum atomic E-state index is 12.5. The Labute approximate surface area is 122 Å². The van der Waals surface area contributed by atoms with Crippen molar-refractivity contribution in [2.24, 2.45) is 0 Å². The number of carbonyl (C=O) groups is 1. The Kier molecular flexibility index (Phi) is 5.90. The molecule has 1 amide bonds. The lowest BCUT2D eigenvalue weighted by molar-refractivity contribution is 0.0931. The summed E-state index contributed by atoms with van der Waals surface area (Å²) < 4.78 is 0. The van der Waals surface area contributed by atoms with E-state index in [1.807, 2.05) is 31.2 Å². The van der Waals surface area contributed by atoms with Gasteiger partial charge < -0.3 is 10.6 Å². The molecule has 1 aromatic carbocycles. The SMILES string of the molecule is CCNc1ccccc1C(=O)NC1CCCCCCC1. The second-order valence-corrected chi connectivity index (χ2v) is 5.59. The zero-order valence-electron chi connectivity index (χ0n) is 12.5. The van der Waals surface area contributed by atoms with Crippen LogP contribution in [0, 0.1) is 0 Å². The van der Waals surface area contributed by atoms with Gasteiger partial charge in [-0.1, -0.05) is 44.2 Å². The average Bonchev–Trinajstić information content (AvgIpc) is 2.42. The van der Waals surface area contributed by atoms with Crippen molar-refractivity contribution in [2.45, 2.75) is 57.9 Å². The number of benzene rings is 1. The Morgan fingerprint density at radius 1 is 1.10 bits per heavy atom. The van der Waals surface area contributed by atoms with Crippen LogP contribution in [-0.2, 0) is 0 Å². The number of amides is 1. The van der Waals surface area contributed by atoms with Gasteiger partial charge in [0, 0.05) is 18.3 Å². The Morgan fingerprint density at radius 3 is 2.45 bits per heavy atom. The van der Waals surface area contributed by atoms with E-state index in [9.17, 15) is 4.79 Å². The molecule has 0 aromatic heterocycles. The predicted octanol–water partition coefficient (Wildman–Crippen LogP) is 3.96. The number of nitrogens with one attached hydrogen (secondary N) is 2. The summed E-state index contributed by atoms with van der Waals surface area (Å²) in [4.78, 5) is 12.5. The molecule has 0 heterocycles. The lowest BCUT2D eigenvalue weighted by Gasteiger charge is -2.21. The fourth-order valence-electron chi connectivity index (χ4n) is 2.89. The second kappa shape index (κ2) is 7.93. The maximum Gasteiger partial charge on any atom is 0.253 e. The molecule has 0 saturated heterocycles. The van der Waals surface area contributed by atoms with Gasteiger partial charge >= 0.3 is 0 Å². The highest BCUT2D eigenvalue weighted by Gasteiger charge is 2.16. The van der Waals surface area contributed by atoms with E-state index in [0.29, 0.717) is 6.04 Å². The lowest BCUT2D eigenvalue weighted by Crippen LogP contribution is -2.35. The molecule has 1 aliphatic rings. The van der Waals surface area contributed by atoms with Crippen molar-refractivity contribution in [3.8, 4) is 0 Å². The molecule has 0 spiro atoms. The van der Waals surface area contributed by atoms with E-state index in [2.05, 4.69) is 10.6 Å². The van der Waals surface area contributed by atoms with Crippen LogP contribution in [0.25, 0.3) is 0 Å². The fourth-order valence-corrected chi connectivity index (χ4v) is 2.89. The van der Waals surface area contributed by atoms with Crippen LogP contribution in [0.4, 0.5) is 5.69 Å². The number of para-hydroxylation sites is 1. The molecule has 0 radical (unpaired) electrons. The zero-order chi connectivity index (χ0) is 14.2. The number of anilines is 1. The van der Waals surface area contributed by atoms with Gasteiger partial charge in [-0.3, -0.25) is 4.79 Å². The van der Waals surface area contributed by atoms with Crippen molar-refractivity contribution in [2.75, 3.05) is 11.9 Å². The first-order valence-electron chi connectivity index (χ1n) is 7.95. The molecule has 110 valence electrons. The molecule has 1 fully saturated rings. The molecular weight excluding hydrogens is 248 g/mol. The quantitative estimate of drug-likeness (QED) is 0.872. The van der Waals surface area contributed by atoms with Gasteiger partial charge in [-0.15, -0.1) is 0 Å². The molecule has 1 aromatic rings. The minimum absolute atomic E-state index is 0.0622. The average molecular weight is 274 g/mol. The molecule has 20 heavy (non-hydrogen) atoms. The van der Waals surface area contributed by atoms with Gasteiger partial charge in [-0.25, -0.2) is 0 Å². The van der Waals surface area contributed by atoms with E-state index in [1.165, 1.54) is 32.1 Å². The van der Waals surface area contributed by atoms with E-state index in [0.717, 1.165) is 30.6 Å². The molecule has 2 N–H and O–H groups in total. The molecule has 1 aliphatic carbocycles. The van der Waals surface area contributed by atoms with Gasteiger partial charge in [0.15, 0.2) is 0 Å². The molecular formula is C17H26N2O. The standard InChI is InChI=1S/C17H26N2O/c1-2-18-16-13-9-8-12-15(16)17(20)19-14-10-6-4-3-5-7-11-14/h8-9,12-14,18H,2-7,10-11H2,1H3,(H,19,20). The van der Waals surface area contributed by atoms with E-state index in [4.69, 9.17) is 0 Å². The third-order valence-electron chi connectivity index (χ3n) is 3.98. The largest absolute Gasteiger partial charge is 0.385 e. The summed E-state index contributed by atoms with van der Waals surface area (Å²) in [6.07, 6.45) is 8.68. The summed E-state index contributed by atoms with van der Waals surface area (Å²) in [5.41, 5.74) is 1.69. The van der Waals surface area contributed by atoms with Crippen LogP contribution < -0.4 is 10.6 Å². The third kappa shape index (κ3) is 4.26. The van der Waals surface area contributed by atoms with Gasteiger partial charge in [-0.05, 0) is 31.9 Å². The van der Waals surface area contributed by atoms with Gasteiger partial charge in [0.25, 0.3) is 5.91 Å². The fraction of sp³-hybridized carbons (Fsp3) is 0.588. The highest BCUT2D eigenvalue weighted by molar-refractivity contribution is 5.99. The zero-order valence-corrected chi connectivity index (χ0v) is 12.5. The van der Waals surface area contributed by atoms with Crippen LogP contribution >= 0.6 is 0 Å². The van der Waals surface area contributed by atoms with Crippen molar-refractivity contribution in [1.29, 1.82) is 0 Å². The van der Waals surface area contributed by atoms with Crippen molar-refractivity contribution in [3.05, 3.63) is 29.8 Å². The summed E-state index contributed by atoms with van der Waals surface area (Å²) in [6.45, 7) is 2.87. The first-order chi connectivity index (χ1) is 9.81. The number of hydrogen-bond acceptors (Lipinski definition) is 2. The monoisotopic (exact) mass is 274 g/mol. The number of carbonyl (C=O) groups excluding carboxylic acids is 1. The van der Waals surface area contributed by atoms with Gasteiger partial charge in [0.2, 0.25) is 0 Å². The van der Waals surface area contributed by atoms with Gasteiger partial charge in [0.1, 0.15) is 0 Å². The minimum atomic E-state index is 0.0622. The Bertz CT molecular complexity index is 423. The van der Waals surface area contributed by atoms with Crippen LogP contribution in [0.5, 0.6) is 0 Å². The predicted molar refractivity (Wildman–Crippen MR) is 84.2 cm³/mol. The smallest absolute Gasteiger partial charge is 0.253 e. The first-order valence-corrected chi connectivity index (χ1v) is 7.95. The Hall–Kier alpha value is -1.51. The van der Waals surface area contributed by atoms with E-state index >= 15 is 0 Å². The second-order valence-electron chi connectivity index (χ2n) is 5.59. The highest BCUT2D eigenvalue weighted by Crippen LogP contribution is 2.19. The Balaban J connectivity index is 1.99. The molecule has 0 aliphatic heterocycles. The van der Waals surface area contributed by atoms with E-state index in [-0.39, 0.29) is 5.91 Å². The van der Waals surface area contributed by atoms with Crippen LogP contribution in [0.3, 0.4) is 0 Å². The van der Waals surface area contributed by atoms with E-state index in [1.54, 1.807) is 0 Å². The van der Waals surface area contributed by atoms with Crippen molar-refractivity contribution < 1.29 is 4.79 Å². The maximum absolute atomic E-state index is 12.5. The molecule has 0 unspecified atom stereocenters. The summed E-state index contributed by atoms with van der Waals surface area (Å²) >= 11 is 0. The van der Waals surface area contributed by atoms with Crippen molar-refractivity contribution >= 4 is 11.6 Å².